The number of aromatic nitrogens is 2. The highest BCUT2D eigenvalue weighted by molar-refractivity contribution is 5.92. The number of nitrogens with one attached hydrogen (secondary N) is 2. The van der Waals surface area contributed by atoms with Crippen molar-refractivity contribution in [3.8, 4) is 0 Å². The van der Waals surface area contributed by atoms with Gasteiger partial charge in [0.2, 0.25) is 0 Å². The summed E-state index contributed by atoms with van der Waals surface area (Å²) in [6, 6.07) is 2.58. The molecule has 1 aromatic heterocycles. The van der Waals surface area contributed by atoms with Crippen molar-refractivity contribution < 1.29 is 4.79 Å². The van der Waals surface area contributed by atoms with Crippen molar-refractivity contribution in [3.05, 3.63) is 17.5 Å². The minimum atomic E-state index is -0.0242. The maximum absolute atomic E-state index is 12.0. The van der Waals surface area contributed by atoms with Crippen LogP contribution in [0.4, 0.5) is 0 Å². The standard InChI is InChI=1S/C13H22N4O/c1-3-17-12(9-10(2)16-17)13(18)15-8-4-7-14-11-5-6-11/h9,11,14H,3-8H2,1-2H3,(H,15,18). The molecule has 0 saturated heterocycles. The average molecular weight is 250 g/mol. The van der Waals surface area contributed by atoms with Gasteiger partial charge in [-0.1, -0.05) is 0 Å². The molecule has 0 radical (unpaired) electrons. The van der Waals surface area contributed by atoms with Gasteiger partial charge in [0.05, 0.1) is 5.69 Å². The van der Waals surface area contributed by atoms with E-state index in [1.807, 2.05) is 19.9 Å². The lowest BCUT2D eigenvalue weighted by Crippen LogP contribution is -2.29. The fourth-order valence-electron chi connectivity index (χ4n) is 1.94. The highest BCUT2D eigenvalue weighted by Gasteiger charge is 2.19. The van der Waals surface area contributed by atoms with Gasteiger partial charge in [-0.2, -0.15) is 5.10 Å². The molecule has 2 N–H and O–H groups in total. The lowest BCUT2D eigenvalue weighted by Gasteiger charge is -2.07. The summed E-state index contributed by atoms with van der Waals surface area (Å²) in [6.45, 7) is 6.31. The van der Waals surface area contributed by atoms with Crippen LogP contribution in [0, 0.1) is 6.92 Å². The highest BCUT2D eigenvalue weighted by atomic mass is 16.2. The van der Waals surface area contributed by atoms with Crippen molar-refractivity contribution in [2.24, 2.45) is 0 Å². The molecule has 1 aliphatic rings. The first-order valence-electron chi connectivity index (χ1n) is 6.76. The van der Waals surface area contributed by atoms with Crippen molar-refractivity contribution >= 4 is 5.91 Å². The van der Waals surface area contributed by atoms with Crippen LogP contribution >= 0.6 is 0 Å². The second-order valence-electron chi connectivity index (χ2n) is 4.82. The van der Waals surface area contributed by atoms with Crippen LogP contribution in [-0.2, 0) is 6.54 Å². The van der Waals surface area contributed by atoms with Gasteiger partial charge in [0.15, 0.2) is 0 Å². The van der Waals surface area contributed by atoms with E-state index in [9.17, 15) is 4.79 Å². The maximum Gasteiger partial charge on any atom is 0.269 e. The van der Waals surface area contributed by atoms with E-state index < -0.39 is 0 Å². The molecule has 1 saturated carbocycles. The lowest BCUT2D eigenvalue weighted by atomic mass is 10.3. The minimum Gasteiger partial charge on any atom is -0.351 e. The molecule has 5 nitrogen and oxygen atoms in total. The molecule has 0 aliphatic heterocycles. The molecular formula is C13H22N4O. The van der Waals surface area contributed by atoms with Crippen LogP contribution in [0.2, 0.25) is 0 Å². The van der Waals surface area contributed by atoms with Gasteiger partial charge in [-0.3, -0.25) is 9.48 Å². The Balaban J connectivity index is 1.72. The van der Waals surface area contributed by atoms with Crippen molar-refractivity contribution in [1.29, 1.82) is 0 Å². The average Bonchev–Trinajstić information content (AvgIpc) is 3.10. The van der Waals surface area contributed by atoms with Crippen LogP contribution < -0.4 is 10.6 Å². The number of amides is 1. The highest BCUT2D eigenvalue weighted by Crippen LogP contribution is 2.18. The molecule has 0 spiro atoms. The summed E-state index contributed by atoms with van der Waals surface area (Å²) in [5.41, 5.74) is 1.54. The third kappa shape index (κ3) is 3.57. The van der Waals surface area contributed by atoms with Crippen LogP contribution in [0.3, 0.4) is 0 Å². The predicted octanol–water partition coefficient (Wildman–Crippen LogP) is 1.08. The molecule has 1 aliphatic carbocycles. The Morgan fingerprint density at radius 2 is 2.28 bits per heavy atom. The fraction of sp³-hybridized carbons (Fsp3) is 0.692. The van der Waals surface area contributed by atoms with E-state index in [1.165, 1.54) is 12.8 Å². The van der Waals surface area contributed by atoms with Crippen LogP contribution in [0.5, 0.6) is 0 Å². The smallest absolute Gasteiger partial charge is 0.269 e. The number of hydrogen-bond donors (Lipinski definition) is 2. The van der Waals surface area contributed by atoms with Crippen LogP contribution in [0.15, 0.2) is 6.07 Å². The van der Waals surface area contributed by atoms with Gasteiger partial charge < -0.3 is 10.6 Å². The number of carbonyl (C=O) groups excluding carboxylic acids is 1. The first-order chi connectivity index (χ1) is 8.70. The Morgan fingerprint density at radius 1 is 1.50 bits per heavy atom. The normalized spacial score (nSPS) is 14.8. The molecule has 0 atom stereocenters. The monoisotopic (exact) mass is 250 g/mol. The second kappa shape index (κ2) is 6.00. The first-order valence-corrected chi connectivity index (χ1v) is 6.76. The summed E-state index contributed by atoms with van der Waals surface area (Å²) in [4.78, 5) is 12.0. The topological polar surface area (TPSA) is 59.0 Å². The first kappa shape index (κ1) is 13.1. The van der Waals surface area contributed by atoms with Crippen LogP contribution in [-0.4, -0.2) is 34.8 Å². The molecule has 0 bridgehead atoms. The minimum absolute atomic E-state index is 0.0242. The van der Waals surface area contributed by atoms with E-state index >= 15 is 0 Å². The zero-order valence-corrected chi connectivity index (χ0v) is 11.2. The molecule has 1 fully saturated rings. The molecule has 5 heteroatoms. The number of carbonyl (C=O) groups is 1. The predicted molar refractivity (Wildman–Crippen MR) is 70.6 cm³/mol. The van der Waals surface area contributed by atoms with Gasteiger partial charge in [0.25, 0.3) is 5.91 Å². The summed E-state index contributed by atoms with van der Waals surface area (Å²) in [5, 5.41) is 10.6. The van der Waals surface area contributed by atoms with Gasteiger partial charge in [0, 0.05) is 19.1 Å². The molecule has 2 rings (SSSR count). The second-order valence-corrected chi connectivity index (χ2v) is 4.82. The van der Waals surface area contributed by atoms with Crippen molar-refractivity contribution in [3.63, 3.8) is 0 Å². The number of hydrogen-bond acceptors (Lipinski definition) is 3. The molecule has 18 heavy (non-hydrogen) atoms. The maximum atomic E-state index is 12.0. The van der Waals surface area contributed by atoms with E-state index in [2.05, 4.69) is 15.7 Å². The van der Waals surface area contributed by atoms with Gasteiger partial charge in [-0.25, -0.2) is 0 Å². The Kier molecular flexibility index (Phi) is 4.36. The van der Waals surface area contributed by atoms with Crippen LogP contribution in [0.1, 0.15) is 42.4 Å². The third-order valence-electron chi connectivity index (χ3n) is 3.08. The summed E-state index contributed by atoms with van der Waals surface area (Å²) >= 11 is 0. The molecule has 1 heterocycles. The fourth-order valence-corrected chi connectivity index (χ4v) is 1.94. The van der Waals surface area contributed by atoms with Gasteiger partial charge in [0.1, 0.15) is 5.69 Å². The molecule has 100 valence electrons. The number of rotatable bonds is 7. The molecule has 1 aromatic rings. The Morgan fingerprint density at radius 3 is 2.94 bits per heavy atom. The zero-order chi connectivity index (χ0) is 13.0. The van der Waals surface area contributed by atoms with Crippen molar-refractivity contribution in [2.75, 3.05) is 13.1 Å². The quantitative estimate of drug-likeness (QED) is 0.712. The summed E-state index contributed by atoms with van der Waals surface area (Å²) in [6.07, 6.45) is 3.59. The van der Waals surface area contributed by atoms with Gasteiger partial charge >= 0.3 is 0 Å². The Hall–Kier alpha value is -1.36. The van der Waals surface area contributed by atoms with E-state index in [4.69, 9.17) is 0 Å². The van der Waals surface area contributed by atoms with E-state index in [-0.39, 0.29) is 5.91 Å². The van der Waals surface area contributed by atoms with Gasteiger partial charge in [-0.05, 0) is 45.7 Å². The lowest BCUT2D eigenvalue weighted by molar-refractivity contribution is 0.0942. The van der Waals surface area contributed by atoms with Crippen molar-refractivity contribution in [2.45, 2.75) is 45.7 Å². The molecular weight excluding hydrogens is 228 g/mol. The largest absolute Gasteiger partial charge is 0.351 e. The Labute approximate surface area is 108 Å². The zero-order valence-electron chi connectivity index (χ0n) is 11.2. The summed E-state index contributed by atoms with van der Waals surface area (Å²) < 4.78 is 1.74. The Bertz CT molecular complexity index is 409. The molecule has 1 amide bonds. The molecule has 0 aromatic carbocycles. The van der Waals surface area contributed by atoms with E-state index in [0.29, 0.717) is 12.2 Å². The summed E-state index contributed by atoms with van der Waals surface area (Å²) in [7, 11) is 0. The van der Waals surface area contributed by atoms with Gasteiger partial charge in [-0.15, -0.1) is 0 Å². The van der Waals surface area contributed by atoms with Crippen molar-refractivity contribution in [1.82, 2.24) is 20.4 Å². The number of nitrogens with zero attached hydrogens (tertiary/aromatic N) is 2. The summed E-state index contributed by atoms with van der Waals surface area (Å²) in [5.74, 6) is -0.0242. The SMILES string of the molecule is CCn1nc(C)cc1C(=O)NCCCNC1CC1. The molecule has 0 unspecified atom stereocenters. The van der Waals surface area contributed by atoms with E-state index in [1.54, 1.807) is 4.68 Å². The van der Waals surface area contributed by atoms with E-state index in [0.717, 1.165) is 31.2 Å². The number of aryl methyl sites for hydroxylation is 2. The third-order valence-corrected chi connectivity index (χ3v) is 3.08. The van der Waals surface area contributed by atoms with Crippen LogP contribution in [0.25, 0.3) is 0 Å².